The second-order valence-corrected chi connectivity index (χ2v) is 4.17. The molecule has 2 heterocycles. The maximum atomic E-state index is 12.3. The number of benzene rings is 1. The van der Waals surface area contributed by atoms with Crippen molar-refractivity contribution in [3.63, 3.8) is 0 Å². The highest BCUT2D eigenvalue weighted by Gasteiger charge is 2.17. The van der Waals surface area contributed by atoms with Crippen molar-refractivity contribution in [3.8, 4) is 0 Å². The molecule has 0 saturated heterocycles. The van der Waals surface area contributed by atoms with E-state index in [1.807, 2.05) is 30.3 Å². The lowest BCUT2D eigenvalue weighted by Crippen LogP contribution is -2.13. The standard InChI is InChI=1S/C14H12N4O/c1-10-12(13-15-8-5-9-18(13)17-10)14(19)16-11-6-3-2-4-7-11/h2-9H,1H3,(H,16,19). The van der Waals surface area contributed by atoms with Gasteiger partial charge in [0.05, 0.1) is 5.69 Å². The lowest BCUT2D eigenvalue weighted by molar-refractivity contribution is 0.102. The first kappa shape index (κ1) is 11.4. The summed E-state index contributed by atoms with van der Waals surface area (Å²) in [5.74, 6) is -0.197. The first-order chi connectivity index (χ1) is 9.25. The zero-order chi connectivity index (χ0) is 13.2. The number of nitrogens with zero attached hydrogens (tertiary/aromatic N) is 3. The summed E-state index contributed by atoms with van der Waals surface area (Å²) in [5.41, 5.74) is 2.48. The van der Waals surface area contributed by atoms with Gasteiger partial charge in [-0.2, -0.15) is 5.10 Å². The van der Waals surface area contributed by atoms with E-state index in [0.29, 0.717) is 16.9 Å². The minimum Gasteiger partial charge on any atom is -0.322 e. The fraction of sp³-hybridized carbons (Fsp3) is 0.0714. The summed E-state index contributed by atoms with van der Waals surface area (Å²) in [4.78, 5) is 16.5. The van der Waals surface area contributed by atoms with Crippen molar-refractivity contribution in [2.24, 2.45) is 0 Å². The number of aromatic nitrogens is 3. The largest absolute Gasteiger partial charge is 0.322 e. The molecular formula is C14H12N4O. The van der Waals surface area contributed by atoms with Crippen molar-refractivity contribution in [3.05, 3.63) is 60.0 Å². The van der Waals surface area contributed by atoms with Crippen molar-refractivity contribution < 1.29 is 4.79 Å². The van der Waals surface area contributed by atoms with Gasteiger partial charge in [-0.25, -0.2) is 9.50 Å². The van der Waals surface area contributed by atoms with Gasteiger partial charge in [-0.15, -0.1) is 0 Å². The molecule has 3 rings (SSSR count). The topological polar surface area (TPSA) is 59.3 Å². The minimum atomic E-state index is -0.197. The zero-order valence-electron chi connectivity index (χ0n) is 10.4. The van der Waals surface area contributed by atoms with Gasteiger partial charge >= 0.3 is 0 Å². The second-order valence-electron chi connectivity index (χ2n) is 4.17. The third-order valence-corrected chi connectivity index (χ3v) is 2.83. The zero-order valence-corrected chi connectivity index (χ0v) is 10.4. The normalized spacial score (nSPS) is 10.6. The highest BCUT2D eigenvalue weighted by molar-refractivity contribution is 6.09. The maximum Gasteiger partial charge on any atom is 0.261 e. The number of amides is 1. The van der Waals surface area contributed by atoms with E-state index in [2.05, 4.69) is 15.4 Å². The Morgan fingerprint density at radius 3 is 2.79 bits per heavy atom. The molecule has 0 radical (unpaired) electrons. The highest BCUT2D eigenvalue weighted by Crippen LogP contribution is 2.15. The number of hydrogen-bond donors (Lipinski definition) is 1. The number of carbonyl (C=O) groups excluding carboxylic acids is 1. The molecule has 1 aromatic carbocycles. The van der Waals surface area contributed by atoms with Gasteiger partial charge < -0.3 is 5.32 Å². The number of carbonyl (C=O) groups is 1. The lowest BCUT2D eigenvalue weighted by Gasteiger charge is -2.03. The predicted molar refractivity (Wildman–Crippen MR) is 72.1 cm³/mol. The summed E-state index contributed by atoms with van der Waals surface area (Å²) in [5, 5.41) is 7.11. The van der Waals surface area contributed by atoms with Crippen molar-refractivity contribution >= 4 is 17.2 Å². The average molecular weight is 252 g/mol. The Bertz CT molecular complexity index is 734. The summed E-state index contributed by atoms with van der Waals surface area (Å²) < 4.78 is 1.61. The summed E-state index contributed by atoms with van der Waals surface area (Å²) in [6.45, 7) is 1.80. The summed E-state index contributed by atoms with van der Waals surface area (Å²) in [6, 6.07) is 11.1. The Labute approximate surface area is 109 Å². The van der Waals surface area contributed by atoms with Crippen LogP contribution in [0, 0.1) is 6.92 Å². The third kappa shape index (κ3) is 2.06. The molecule has 0 fully saturated rings. The van der Waals surface area contributed by atoms with E-state index in [1.165, 1.54) is 0 Å². The number of aryl methyl sites for hydroxylation is 1. The number of para-hydroxylation sites is 1. The number of rotatable bonds is 2. The Morgan fingerprint density at radius 2 is 2.00 bits per heavy atom. The molecule has 1 N–H and O–H groups in total. The molecule has 0 saturated carbocycles. The molecule has 0 aliphatic carbocycles. The molecule has 94 valence electrons. The van der Waals surface area contributed by atoms with Gasteiger partial charge in [-0.1, -0.05) is 18.2 Å². The van der Waals surface area contributed by atoms with Crippen LogP contribution in [0.4, 0.5) is 5.69 Å². The van der Waals surface area contributed by atoms with E-state index >= 15 is 0 Å². The van der Waals surface area contributed by atoms with Crippen LogP contribution in [0.2, 0.25) is 0 Å². The molecule has 0 bridgehead atoms. The summed E-state index contributed by atoms with van der Waals surface area (Å²) >= 11 is 0. The Kier molecular flexibility index (Phi) is 2.72. The van der Waals surface area contributed by atoms with Gasteiger partial charge in [-0.05, 0) is 25.1 Å². The average Bonchev–Trinajstić information content (AvgIpc) is 2.75. The van der Waals surface area contributed by atoms with Crippen LogP contribution >= 0.6 is 0 Å². The van der Waals surface area contributed by atoms with E-state index in [1.54, 1.807) is 29.9 Å². The molecule has 0 spiro atoms. The van der Waals surface area contributed by atoms with E-state index < -0.39 is 0 Å². The first-order valence-corrected chi connectivity index (χ1v) is 5.92. The smallest absolute Gasteiger partial charge is 0.261 e. The van der Waals surface area contributed by atoms with E-state index in [4.69, 9.17) is 0 Å². The van der Waals surface area contributed by atoms with Crippen LogP contribution in [0.1, 0.15) is 16.1 Å². The Morgan fingerprint density at radius 1 is 1.21 bits per heavy atom. The summed E-state index contributed by atoms with van der Waals surface area (Å²) in [6.07, 6.45) is 3.42. The molecule has 1 amide bonds. The quantitative estimate of drug-likeness (QED) is 0.761. The van der Waals surface area contributed by atoms with Crippen LogP contribution in [0.25, 0.3) is 5.65 Å². The van der Waals surface area contributed by atoms with Gasteiger partial charge in [0.15, 0.2) is 5.65 Å². The highest BCUT2D eigenvalue weighted by atomic mass is 16.1. The number of nitrogens with one attached hydrogen (secondary N) is 1. The van der Waals surface area contributed by atoms with Gasteiger partial charge in [0.25, 0.3) is 5.91 Å². The SMILES string of the molecule is Cc1nn2cccnc2c1C(=O)Nc1ccccc1. The predicted octanol–water partition coefficient (Wildman–Crippen LogP) is 2.29. The second kappa shape index (κ2) is 4.53. The number of hydrogen-bond acceptors (Lipinski definition) is 3. The van der Waals surface area contributed by atoms with Crippen molar-refractivity contribution in [1.82, 2.24) is 14.6 Å². The minimum absolute atomic E-state index is 0.197. The van der Waals surface area contributed by atoms with Gasteiger partial charge in [0.1, 0.15) is 5.56 Å². The van der Waals surface area contributed by atoms with Gasteiger partial charge in [-0.3, -0.25) is 4.79 Å². The van der Waals surface area contributed by atoms with Crippen LogP contribution in [0.15, 0.2) is 48.8 Å². The third-order valence-electron chi connectivity index (χ3n) is 2.83. The van der Waals surface area contributed by atoms with E-state index in [9.17, 15) is 4.79 Å². The molecular weight excluding hydrogens is 240 g/mol. The van der Waals surface area contributed by atoms with Crippen molar-refractivity contribution in [2.75, 3.05) is 5.32 Å². The van der Waals surface area contributed by atoms with Crippen LogP contribution in [0.3, 0.4) is 0 Å². The summed E-state index contributed by atoms with van der Waals surface area (Å²) in [7, 11) is 0. The van der Waals surface area contributed by atoms with Crippen LogP contribution < -0.4 is 5.32 Å². The fourth-order valence-corrected chi connectivity index (χ4v) is 1.98. The molecule has 5 heteroatoms. The molecule has 0 atom stereocenters. The maximum absolute atomic E-state index is 12.3. The Hall–Kier alpha value is -2.69. The van der Waals surface area contributed by atoms with Gasteiger partial charge in [0.2, 0.25) is 0 Å². The van der Waals surface area contributed by atoms with Crippen molar-refractivity contribution in [1.29, 1.82) is 0 Å². The van der Waals surface area contributed by atoms with Crippen molar-refractivity contribution in [2.45, 2.75) is 6.92 Å². The molecule has 5 nitrogen and oxygen atoms in total. The van der Waals surface area contributed by atoms with Crippen LogP contribution in [-0.4, -0.2) is 20.5 Å². The number of anilines is 1. The molecule has 2 aromatic heterocycles. The molecule has 0 aliphatic rings. The molecule has 19 heavy (non-hydrogen) atoms. The van der Waals surface area contributed by atoms with E-state index in [-0.39, 0.29) is 5.91 Å². The molecule has 0 unspecified atom stereocenters. The first-order valence-electron chi connectivity index (χ1n) is 5.92. The lowest BCUT2D eigenvalue weighted by atomic mass is 10.2. The van der Waals surface area contributed by atoms with E-state index in [0.717, 1.165) is 5.69 Å². The molecule has 0 aliphatic heterocycles. The monoisotopic (exact) mass is 252 g/mol. The Balaban J connectivity index is 2.00. The molecule has 3 aromatic rings. The van der Waals surface area contributed by atoms with Crippen LogP contribution in [-0.2, 0) is 0 Å². The number of fused-ring (bicyclic) bond motifs is 1. The van der Waals surface area contributed by atoms with Gasteiger partial charge in [0, 0.05) is 18.1 Å². The van der Waals surface area contributed by atoms with Crippen LogP contribution in [0.5, 0.6) is 0 Å². The fourth-order valence-electron chi connectivity index (χ4n) is 1.98.